The minimum Gasteiger partial charge on any atom is -0.467 e. The van der Waals surface area contributed by atoms with Gasteiger partial charge in [-0.05, 0) is 25.0 Å². The maximum Gasteiger partial charge on any atom is 0.328 e. The van der Waals surface area contributed by atoms with E-state index in [9.17, 15) is 9.59 Å². The molecule has 1 amide bonds. The summed E-state index contributed by atoms with van der Waals surface area (Å²) in [5.41, 5.74) is 1.26. The predicted octanol–water partition coefficient (Wildman–Crippen LogP) is 1.53. The summed E-state index contributed by atoms with van der Waals surface area (Å²) in [5, 5.41) is 4.79. The number of hydrogen-bond donors (Lipinski definition) is 0. The van der Waals surface area contributed by atoms with E-state index in [1.165, 1.54) is 7.11 Å². The fraction of sp³-hybridized carbons (Fsp3) is 0.400. The zero-order valence-electron chi connectivity index (χ0n) is 11.7. The first kappa shape index (κ1) is 13.6. The number of likely N-dealkylation sites (tertiary alicyclic amines) is 1. The summed E-state index contributed by atoms with van der Waals surface area (Å²) in [6.07, 6.45) is 1.59. The highest BCUT2D eigenvalue weighted by molar-refractivity contribution is 5.89. The second-order valence-electron chi connectivity index (χ2n) is 5.07. The van der Waals surface area contributed by atoms with Crippen molar-refractivity contribution in [2.24, 2.45) is 0 Å². The van der Waals surface area contributed by atoms with Crippen LogP contribution in [-0.2, 0) is 20.7 Å². The first-order chi connectivity index (χ1) is 10.2. The van der Waals surface area contributed by atoms with Crippen molar-refractivity contribution in [2.75, 3.05) is 13.7 Å². The van der Waals surface area contributed by atoms with Crippen molar-refractivity contribution in [3.05, 3.63) is 30.0 Å². The van der Waals surface area contributed by atoms with Crippen LogP contribution in [0, 0.1) is 0 Å². The molecule has 0 spiro atoms. The van der Waals surface area contributed by atoms with E-state index >= 15 is 0 Å². The van der Waals surface area contributed by atoms with Crippen LogP contribution in [0.25, 0.3) is 11.0 Å². The third-order valence-electron chi connectivity index (χ3n) is 3.82. The van der Waals surface area contributed by atoms with E-state index in [2.05, 4.69) is 5.16 Å². The lowest BCUT2D eigenvalue weighted by molar-refractivity contribution is -0.150. The number of carbonyl (C=O) groups is 2. The summed E-state index contributed by atoms with van der Waals surface area (Å²) < 4.78 is 9.95. The van der Waals surface area contributed by atoms with Crippen LogP contribution in [0.4, 0.5) is 0 Å². The molecule has 6 nitrogen and oxygen atoms in total. The van der Waals surface area contributed by atoms with Gasteiger partial charge in [-0.3, -0.25) is 4.79 Å². The first-order valence-corrected chi connectivity index (χ1v) is 6.91. The minimum absolute atomic E-state index is 0.123. The Morgan fingerprint density at radius 2 is 2.24 bits per heavy atom. The molecule has 1 unspecified atom stereocenters. The van der Waals surface area contributed by atoms with Gasteiger partial charge in [-0.2, -0.15) is 0 Å². The molecule has 1 fully saturated rings. The quantitative estimate of drug-likeness (QED) is 0.801. The summed E-state index contributed by atoms with van der Waals surface area (Å²) in [6, 6.07) is 6.94. The number of fused-ring (bicyclic) bond motifs is 1. The number of ether oxygens (including phenoxy) is 1. The van der Waals surface area contributed by atoms with Crippen molar-refractivity contribution in [1.29, 1.82) is 0 Å². The van der Waals surface area contributed by atoms with E-state index in [1.54, 1.807) is 4.90 Å². The van der Waals surface area contributed by atoms with Crippen LogP contribution < -0.4 is 0 Å². The molecule has 21 heavy (non-hydrogen) atoms. The van der Waals surface area contributed by atoms with Gasteiger partial charge in [-0.1, -0.05) is 17.3 Å². The van der Waals surface area contributed by atoms with Gasteiger partial charge in [-0.25, -0.2) is 4.79 Å². The highest BCUT2D eigenvalue weighted by atomic mass is 16.5. The smallest absolute Gasteiger partial charge is 0.328 e. The molecule has 0 aliphatic carbocycles. The summed E-state index contributed by atoms with van der Waals surface area (Å²) in [4.78, 5) is 25.7. The monoisotopic (exact) mass is 288 g/mol. The standard InChI is InChI=1S/C15H16N2O4/c1-20-15(19)12-6-4-8-17(12)14(18)9-11-10-5-2-3-7-13(10)21-16-11/h2-3,5,7,12H,4,6,8-9H2,1H3. The molecule has 1 aromatic heterocycles. The van der Waals surface area contributed by atoms with Crippen LogP contribution in [0.2, 0.25) is 0 Å². The van der Waals surface area contributed by atoms with E-state index in [0.717, 1.165) is 11.8 Å². The van der Waals surface area contributed by atoms with Crippen molar-refractivity contribution in [2.45, 2.75) is 25.3 Å². The Balaban J connectivity index is 1.78. The van der Waals surface area contributed by atoms with Crippen molar-refractivity contribution in [1.82, 2.24) is 10.1 Å². The lowest BCUT2D eigenvalue weighted by Gasteiger charge is -2.22. The third kappa shape index (κ3) is 2.49. The third-order valence-corrected chi connectivity index (χ3v) is 3.82. The molecule has 110 valence electrons. The number of aromatic nitrogens is 1. The number of rotatable bonds is 3. The van der Waals surface area contributed by atoms with Crippen molar-refractivity contribution in [3.8, 4) is 0 Å². The highest BCUT2D eigenvalue weighted by Gasteiger charge is 2.35. The Morgan fingerprint density at radius 1 is 1.43 bits per heavy atom. The Bertz CT molecular complexity index is 679. The van der Waals surface area contributed by atoms with E-state index in [0.29, 0.717) is 24.2 Å². The van der Waals surface area contributed by atoms with Gasteiger partial charge in [0.1, 0.15) is 11.7 Å². The van der Waals surface area contributed by atoms with Gasteiger partial charge in [0, 0.05) is 11.9 Å². The lowest BCUT2D eigenvalue weighted by atomic mass is 10.1. The first-order valence-electron chi connectivity index (χ1n) is 6.91. The van der Waals surface area contributed by atoms with Crippen LogP contribution in [0.1, 0.15) is 18.5 Å². The Morgan fingerprint density at radius 3 is 3.05 bits per heavy atom. The van der Waals surface area contributed by atoms with Gasteiger partial charge in [0.25, 0.3) is 0 Å². The number of nitrogens with zero attached hydrogens (tertiary/aromatic N) is 2. The number of esters is 1. The second kappa shape index (κ2) is 5.55. The van der Waals surface area contributed by atoms with Gasteiger partial charge in [-0.15, -0.1) is 0 Å². The molecule has 1 aliphatic heterocycles. The van der Waals surface area contributed by atoms with Crippen molar-refractivity contribution in [3.63, 3.8) is 0 Å². The molecular formula is C15H16N2O4. The van der Waals surface area contributed by atoms with E-state index < -0.39 is 6.04 Å². The van der Waals surface area contributed by atoms with Crippen LogP contribution in [-0.4, -0.2) is 41.6 Å². The topological polar surface area (TPSA) is 72.6 Å². The molecule has 0 saturated carbocycles. The van der Waals surface area contributed by atoms with Gasteiger partial charge in [0.05, 0.1) is 13.5 Å². The summed E-state index contributed by atoms with van der Waals surface area (Å²) in [6.45, 7) is 0.578. The summed E-state index contributed by atoms with van der Waals surface area (Å²) >= 11 is 0. The second-order valence-corrected chi connectivity index (χ2v) is 5.07. The molecule has 2 heterocycles. The molecular weight excluding hydrogens is 272 g/mol. The molecule has 1 atom stereocenters. The number of methoxy groups -OCH3 is 1. The Kier molecular flexibility index (Phi) is 3.60. The summed E-state index contributed by atoms with van der Waals surface area (Å²) in [5.74, 6) is -0.479. The summed E-state index contributed by atoms with van der Waals surface area (Å²) in [7, 11) is 1.34. The largest absolute Gasteiger partial charge is 0.467 e. The zero-order chi connectivity index (χ0) is 14.8. The van der Waals surface area contributed by atoms with Crippen LogP contribution in [0.3, 0.4) is 0 Å². The number of amides is 1. The zero-order valence-corrected chi connectivity index (χ0v) is 11.7. The Labute approximate surface area is 121 Å². The normalized spacial score (nSPS) is 18.1. The highest BCUT2D eigenvalue weighted by Crippen LogP contribution is 2.22. The maximum atomic E-state index is 12.4. The van der Waals surface area contributed by atoms with E-state index in [4.69, 9.17) is 9.26 Å². The molecule has 6 heteroatoms. The average Bonchev–Trinajstić information content (AvgIpc) is 3.14. The SMILES string of the molecule is COC(=O)C1CCCN1C(=O)Cc1noc2ccccc12. The molecule has 3 rings (SSSR count). The van der Waals surface area contributed by atoms with Crippen molar-refractivity contribution >= 4 is 22.8 Å². The predicted molar refractivity (Wildman–Crippen MR) is 74.5 cm³/mol. The molecule has 2 aromatic rings. The minimum atomic E-state index is -0.472. The van der Waals surface area contributed by atoms with E-state index in [1.807, 2.05) is 24.3 Å². The average molecular weight is 288 g/mol. The Hall–Kier alpha value is -2.37. The molecule has 0 bridgehead atoms. The fourth-order valence-electron chi connectivity index (χ4n) is 2.76. The molecule has 0 N–H and O–H groups in total. The maximum absolute atomic E-state index is 12.4. The number of carbonyl (C=O) groups excluding carboxylic acids is 2. The van der Waals surface area contributed by atoms with Gasteiger partial charge in [0.15, 0.2) is 5.58 Å². The van der Waals surface area contributed by atoms with Gasteiger partial charge >= 0.3 is 5.97 Å². The fourth-order valence-corrected chi connectivity index (χ4v) is 2.76. The van der Waals surface area contributed by atoms with Gasteiger partial charge in [0.2, 0.25) is 5.91 Å². The van der Waals surface area contributed by atoms with Crippen molar-refractivity contribution < 1.29 is 18.8 Å². The van der Waals surface area contributed by atoms with E-state index in [-0.39, 0.29) is 18.3 Å². The van der Waals surface area contributed by atoms with Crippen LogP contribution >= 0.6 is 0 Å². The molecule has 0 radical (unpaired) electrons. The number of para-hydroxylation sites is 1. The molecule has 1 saturated heterocycles. The molecule has 1 aliphatic rings. The van der Waals surface area contributed by atoms with Gasteiger partial charge < -0.3 is 14.2 Å². The number of hydrogen-bond acceptors (Lipinski definition) is 5. The lowest BCUT2D eigenvalue weighted by Crippen LogP contribution is -2.41. The van der Waals surface area contributed by atoms with Crippen LogP contribution in [0.5, 0.6) is 0 Å². The number of benzene rings is 1. The molecule has 1 aromatic carbocycles. The van der Waals surface area contributed by atoms with Crippen LogP contribution in [0.15, 0.2) is 28.8 Å².